The average Bonchev–Trinajstić information content (AvgIpc) is 2.91. The molecule has 0 fully saturated rings. The summed E-state index contributed by atoms with van der Waals surface area (Å²) >= 11 is 3.49. The summed E-state index contributed by atoms with van der Waals surface area (Å²) in [5.41, 5.74) is 3.33. The van der Waals surface area contributed by atoms with E-state index in [4.69, 9.17) is 4.74 Å². The van der Waals surface area contributed by atoms with Crippen LogP contribution in [0, 0.1) is 13.8 Å². The molecule has 8 heteroatoms. The summed E-state index contributed by atoms with van der Waals surface area (Å²) in [4.78, 5) is 4.27. The van der Waals surface area contributed by atoms with E-state index in [0.717, 1.165) is 46.9 Å². The fourth-order valence-corrected chi connectivity index (χ4v) is 3.03. The van der Waals surface area contributed by atoms with Crippen molar-refractivity contribution in [3.63, 3.8) is 0 Å². The van der Waals surface area contributed by atoms with Gasteiger partial charge in [0.1, 0.15) is 5.75 Å². The molecule has 1 heterocycles. The van der Waals surface area contributed by atoms with Crippen molar-refractivity contribution < 1.29 is 4.74 Å². The molecule has 0 unspecified atom stereocenters. The molecule has 0 spiro atoms. The van der Waals surface area contributed by atoms with Gasteiger partial charge < -0.3 is 15.4 Å². The normalized spacial score (nSPS) is 11.0. The number of methoxy groups -OCH3 is 1. The molecular weight excluding hydrogens is 509 g/mol. The minimum Gasteiger partial charge on any atom is -0.496 e. The van der Waals surface area contributed by atoms with Crippen LogP contribution >= 0.6 is 39.9 Å². The van der Waals surface area contributed by atoms with Crippen molar-refractivity contribution >= 4 is 45.9 Å². The van der Waals surface area contributed by atoms with Gasteiger partial charge in [-0.2, -0.15) is 5.10 Å². The van der Waals surface area contributed by atoms with Gasteiger partial charge >= 0.3 is 0 Å². The maximum atomic E-state index is 5.40. The van der Waals surface area contributed by atoms with Crippen LogP contribution in [0.1, 0.15) is 23.4 Å². The van der Waals surface area contributed by atoms with Crippen molar-refractivity contribution in [3.05, 3.63) is 45.7 Å². The Morgan fingerprint density at radius 2 is 2.04 bits per heavy atom. The summed E-state index contributed by atoms with van der Waals surface area (Å²) in [6, 6.07) is 8.06. The van der Waals surface area contributed by atoms with E-state index in [-0.39, 0.29) is 24.0 Å². The van der Waals surface area contributed by atoms with Crippen LogP contribution in [0.3, 0.4) is 0 Å². The van der Waals surface area contributed by atoms with Gasteiger partial charge in [0.05, 0.1) is 12.8 Å². The topological polar surface area (TPSA) is 63.5 Å². The van der Waals surface area contributed by atoms with Crippen molar-refractivity contribution in [2.45, 2.75) is 33.4 Å². The molecule has 0 bridgehead atoms. The summed E-state index contributed by atoms with van der Waals surface area (Å²) in [6.07, 6.45) is 0.975. The van der Waals surface area contributed by atoms with Crippen molar-refractivity contribution in [2.24, 2.45) is 4.99 Å². The molecule has 2 rings (SSSR count). The first kappa shape index (κ1) is 22.8. The van der Waals surface area contributed by atoms with Gasteiger partial charge in [-0.05, 0) is 44.5 Å². The highest BCUT2D eigenvalue weighted by molar-refractivity contribution is 14.0. The Kier molecular flexibility index (Phi) is 10.0. The van der Waals surface area contributed by atoms with Crippen LogP contribution in [0.25, 0.3) is 0 Å². The lowest BCUT2D eigenvalue weighted by Gasteiger charge is -2.14. The maximum Gasteiger partial charge on any atom is 0.191 e. The zero-order valence-corrected chi connectivity index (χ0v) is 19.6. The molecule has 2 aromatic rings. The molecule has 0 aliphatic heterocycles. The summed E-state index contributed by atoms with van der Waals surface area (Å²) in [7, 11) is 3.45. The van der Waals surface area contributed by atoms with Crippen LogP contribution in [-0.4, -0.2) is 36.4 Å². The molecule has 0 saturated carbocycles. The predicted molar refractivity (Wildman–Crippen MR) is 121 cm³/mol. The Bertz CT molecular complexity index is 732. The first-order valence-corrected chi connectivity index (χ1v) is 9.10. The average molecular weight is 536 g/mol. The number of halogens is 2. The summed E-state index contributed by atoms with van der Waals surface area (Å²) in [6.45, 7) is 6.46. The van der Waals surface area contributed by atoms with E-state index >= 15 is 0 Å². The zero-order valence-electron chi connectivity index (χ0n) is 15.7. The molecule has 1 aromatic heterocycles. The highest BCUT2D eigenvalue weighted by Gasteiger charge is 2.05. The number of rotatable bonds is 7. The molecule has 0 radical (unpaired) electrons. The minimum atomic E-state index is 0. The lowest BCUT2D eigenvalue weighted by atomic mass is 10.2. The molecule has 2 N–H and O–H groups in total. The Morgan fingerprint density at radius 1 is 1.27 bits per heavy atom. The van der Waals surface area contributed by atoms with Crippen molar-refractivity contribution in [3.8, 4) is 5.75 Å². The van der Waals surface area contributed by atoms with Crippen LogP contribution in [0.5, 0.6) is 5.75 Å². The number of nitrogens with one attached hydrogen (secondary N) is 2. The highest BCUT2D eigenvalue weighted by Crippen LogP contribution is 2.22. The fraction of sp³-hybridized carbons (Fsp3) is 0.444. The van der Waals surface area contributed by atoms with E-state index in [1.165, 1.54) is 5.69 Å². The third-order valence-electron chi connectivity index (χ3n) is 3.85. The molecule has 0 amide bonds. The van der Waals surface area contributed by atoms with Crippen molar-refractivity contribution in [1.29, 1.82) is 0 Å². The van der Waals surface area contributed by atoms with Gasteiger partial charge in [0.2, 0.25) is 0 Å². The third-order valence-corrected chi connectivity index (χ3v) is 4.35. The van der Waals surface area contributed by atoms with E-state index < -0.39 is 0 Å². The van der Waals surface area contributed by atoms with Gasteiger partial charge in [-0.3, -0.25) is 9.67 Å². The van der Waals surface area contributed by atoms with E-state index in [1.54, 1.807) is 14.2 Å². The van der Waals surface area contributed by atoms with Crippen LogP contribution in [0.4, 0.5) is 0 Å². The highest BCUT2D eigenvalue weighted by atomic mass is 127. The molecule has 144 valence electrons. The number of ether oxygens (including phenoxy) is 1. The Morgan fingerprint density at radius 3 is 2.65 bits per heavy atom. The Labute approximate surface area is 181 Å². The lowest BCUT2D eigenvalue weighted by molar-refractivity contribution is 0.409. The van der Waals surface area contributed by atoms with Gasteiger partial charge in [-0.25, -0.2) is 0 Å². The molecule has 26 heavy (non-hydrogen) atoms. The van der Waals surface area contributed by atoms with Crippen LogP contribution in [0.2, 0.25) is 0 Å². The van der Waals surface area contributed by atoms with Gasteiger partial charge in [0, 0.05) is 42.4 Å². The second kappa shape index (κ2) is 11.4. The number of benzene rings is 1. The number of aliphatic imine (C=N–C) groups is 1. The number of aromatic nitrogens is 2. The third kappa shape index (κ3) is 6.79. The smallest absolute Gasteiger partial charge is 0.191 e. The van der Waals surface area contributed by atoms with E-state index in [9.17, 15) is 0 Å². The second-order valence-electron chi connectivity index (χ2n) is 5.81. The molecular formula is C18H27BrIN5O. The van der Waals surface area contributed by atoms with E-state index in [1.807, 2.05) is 29.8 Å². The Hall–Kier alpha value is -1.29. The molecule has 0 aliphatic rings. The summed E-state index contributed by atoms with van der Waals surface area (Å²) in [5, 5.41) is 11.1. The van der Waals surface area contributed by atoms with E-state index in [0.29, 0.717) is 6.54 Å². The minimum absolute atomic E-state index is 0. The molecule has 0 atom stereocenters. The monoisotopic (exact) mass is 535 g/mol. The fourth-order valence-electron chi connectivity index (χ4n) is 2.62. The summed E-state index contributed by atoms with van der Waals surface area (Å²) in [5.74, 6) is 1.63. The lowest BCUT2D eigenvalue weighted by Crippen LogP contribution is -2.37. The van der Waals surface area contributed by atoms with Gasteiger partial charge in [0.15, 0.2) is 5.96 Å². The number of hydrogen-bond donors (Lipinski definition) is 2. The molecule has 1 aromatic carbocycles. The zero-order chi connectivity index (χ0) is 18.2. The molecule has 6 nitrogen and oxygen atoms in total. The summed E-state index contributed by atoms with van der Waals surface area (Å²) < 4.78 is 8.46. The number of guanidine groups is 1. The largest absolute Gasteiger partial charge is 0.496 e. The number of aryl methyl sites for hydroxylation is 3. The van der Waals surface area contributed by atoms with Gasteiger partial charge in [-0.15, -0.1) is 24.0 Å². The first-order valence-electron chi connectivity index (χ1n) is 8.31. The molecule has 0 saturated heterocycles. The second-order valence-corrected chi connectivity index (χ2v) is 6.73. The van der Waals surface area contributed by atoms with Gasteiger partial charge in [-0.1, -0.05) is 15.9 Å². The first-order chi connectivity index (χ1) is 12.0. The molecule has 0 aliphatic carbocycles. The van der Waals surface area contributed by atoms with Crippen molar-refractivity contribution in [1.82, 2.24) is 20.4 Å². The number of nitrogens with zero attached hydrogens (tertiary/aromatic N) is 3. The standard InChI is InChI=1S/C18H26BrN5O.HI/c1-13-10-14(2)24(23-13)9-5-8-21-18(20-3)22-12-15-11-16(19)6-7-17(15)25-4;/h6-7,10-11H,5,8-9,12H2,1-4H3,(H2,20,21,22);1H. The van der Waals surface area contributed by atoms with Crippen LogP contribution < -0.4 is 15.4 Å². The predicted octanol–water partition coefficient (Wildman–Crippen LogP) is 3.64. The van der Waals surface area contributed by atoms with Gasteiger partial charge in [0.25, 0.3) is 0 Å². The Balaban J connectivity index is 0.00000338. The van der Waals surface area contributed by atoms with E-state index in [2.05, 4.69) is 49.6 Å². The maximum absolute atomic E-state index is 5.40. The van der Waals surface area contributed by atoms with Crippen LogP contribution in [-0.2, 0) is 13.1 Å². The SMILES string of the molecule is CN=C(NCCCn1nc(C)cc1C)NCc1cc(Br)ccc1OC.I. The quantitative estimate of drug-likeness (QED) is 0.246. The van der Waals surface area contributed by atoms with Crippen LogP contribution in [0.15, 0.2) is 33.7 Å². The van der Waals surface area contributed by atoms with Crippen molar-refractivity contribution in [2.75, 3.05) is 20.7 Å². The number of hydrogen-bond acceptors (Lipinski definition) is 3.